The lowest BCUT2D eigenvalue weighted by Crippen LogP contribution is -1.98. The third kappa shape index (κ3) is 2.39. The number of nitrogens with zero attached hydrogens (tertiary/aromatic N) is 2. The number of halogens is 1. The monoisotopic (exact) mass is 293 g/mol. The molecule has 2 aromatic rings. The van der Waals surface area contributed by atoms with E-state index >= 15 is 0 Å². The second-order valence-electron chi connectivity index (χ2n) is 3.34. The molecule has 0 fully saturated rings. The van der Waals surface area contributed by atoms with E-state index < -0.39 is 0 Å². The van der Waals surface area contributed by atoms with E-state index in [4.69, 9.17) is 4.74 Å². The Hall–Kier alpha value is -1.62. The van der Waals surface area contributed by atoms with Crippen LogP contribution in [-0.4, -0.2) is 24.1 Å². The molecule has 2 rings (SSSR count). The van der Waals surface area contributed by atoms with Gasteiger partial charge in [0.15, 0.2) is 5.82 Å². The first kappa shape index (κ1) is 11.9. The van der Waals surface area contributed by atoms with Crippen LogP contribution >= 0.6 is 15.9 Å². The van der Waals surface area contributed by atoms with Gasteiger partial charge < -0.3 is 10.1 Å². The smallest absolute Gasteiger partial charge is 0.165 e. The van der Waals surface area contributed by atoms with E-state index in [0.29, 0.717) is 5.82 Å². The normalized spacial score (nSPS) is 10.1. The number of ether oxygens (including phenoxy) is 1. The number of aromatic nitrogens is 2. The van der Waals surface area contributed by atoms with E-state index in [0.717, 1.165) is 21.6 Å². The van der Waals surface area contributed by atoms with Gasteiger partial charge in [0.05, 0.1) is 17.1 Å². The Morgan fingerprint density at radius 3 is 2.76 bits per heavy atom. The van der Waals surface area contributed by atoms with Crippen molar-refractivity contribution in [1.82, 2.24) is 9.97 Å². The van der Waals surface area contributed by atoms with E-state index in [1.165, 1.54) is 0 Å². The van der Waals surface area contributed by atoms with Gasteiger partial charge in [-0.25, -0.2) is 9.97 Å². The van der Waals surface area contributed by atoms with E-state index in [1.807, 2.05) is 31.3 Å². The van der Waals surface area contributed by atoms with Crippen LogP contribution in [0, 0.1) is 0 Å². The third-order valence-corrected chi connectivity index (χ3v) is 2.91. The van der Waals surface area contributed by atoms with Crippen molar-refractivity contribution in [3.63, 3.8) is 0 Å². The largest absolute Gasteiger partial charge is 0.496 e. The van der Waals surface area contributed by atoms with Crippen molar-refractivity contribution in [2.24, 2.45) is 0 Å². The fraction of sp³-hybridized carbons (Fsp3) is 0.167. The Morgan fingerprint density at radius 2 is 2.06 bits per heavy atom. The minimum atomic E-state index is 0.634. The highest BCUT2D eigenvalue weighted by molar-refractivity contribution is 9.10. The summed E-state index contributed by atoms with van der Waals surface area (Å²) in [6.07, 6.45) is 1.72. The molecule has 88 valence electrons. The SMILES string of the molecule is CNc1nc(-c2ccccc2OC)ncc1Br. The summed E-state index contributed by atoms with van der Waals surface area (Å²) in [6, 6.07) is 7.67. The van der Waals surface area contributed by atoms with Gasteiger partial charge in [0.25, 0.3) is 0 Å². The van der Waals surface area contributed by atoms with Crippen LogP contribution in [0.2, 0.25) is 0 Å². The molecule has 0 amide bonds. The molecule has 0 saturated heterocycles. The molecule has 0 atom stereocenters. The average molecular weight is 294 g/mol. The summed E-state index contributed by atoms with van der Waals surface area (Å²) in [4.78, 5) is 8.71. The molecule has 0 radical (unpaired) electrons. The molecule has 0 bridgehead atoms. The first-order chi connectivity index (χ1) is 8.26. The van der Waals surface area contributed by atoms with Crippen LogP contribution in [-0.2, 0) is 0 Å². The summed E-state index contributed by atoms with van der Waals surface area (Å²) in [5.41, 5.74) is 0.874. The predicted molar refractivity (Wildman–Crippen MR) is 71.3 cm³/mol. The Balaban J connectivity index is 2.53. The molecule has 0 aliphatic rings. The lowest BCUT2D eigenvalue weighted by Gasteiger charge is -2.08. The fourth-order valence-corrected chi connectivity index (χ4v) is 1.89. The third-order valence-electron chi connectivity index (χ3n) is 2.33. The summed E-state index contributed by atoms with van der Waals surface area (Å²) in [5, 5.41) is 3.00. The van der Waals surface area contributed by atoms with Gasteiger partial charge in [-0.15, -0.1) is 0 Å². The molecular formula is C12H12BrN3O. The Labute approximate surface area is 108 Å². The minimum Gasteiger partial charge on any atom is -0.496 e. The fourth-order valence-electron chi connectivity index (χ4n) is 1.50. The summed E-state index contributed by atoms with van der Waals surface area (Å²) < 4.78 is 6.12. The lowest BCUT2D eigenvalue weighted by molar-refractivity contribution is 0.416. The summed E-state index contributed by atoms with van der Waals surface area (Å²) in [6.45, 7) is 0. The van der Waals surface area contributed by atoms with Crippen LogP contribution in [0.1, 0.15) is 0 Å². The zero-order valence-corrected chi connectivity index (χ0v) is 11.2. The number of hydrogen-bond acceptors (Lipinski definition) is 4. The summed E-state index contributed by atoms with van der Waals surface area (Å²) >= 11 is 3.38. The standard InChI is InChI=1S/C12H12BrN3O/c1-14-12-9(13)7-15-11(16-12)8-5-3-4-6-10(8)17-2/h3-7H,1-2H3,(H,14,15,16). The molecule has 1 N–H and O–H groups in total. The molecule has 1 aromatic carbocycles. The van der Waals surface area contributed by atoms with Gasteiger partial charge in [0.1, 0.15) is 11.6 Å². The highest BCUT2D eigenvalue weighted by Gasteiger charge is 2.09. The lowest BCUT2D eigenvalue weighted by atomic mass is 10.2. The summed E-state index contributed by atoms with van der Waals surface area (Å²) in [7, 11) is 3.45. The van der Waals surface area contributed by atoms with Crippen molar-refractivity contribution in [2.45, 2.75) is 0 Å². The molecule has 4 nitrogen and oxygen atoms in total. The van der Waals surface area contributed by atoms with E-state index in [-0.39, 0.29) is 0 Å². The number of rotatable bonds is 3. The van der Waals surface area contributed by atoms with Gasteiger partial charge in [-0.2, -0.15) is 0 Å². The number of benzene rings is 1. The van der Waals surface area contributed by atoms with Gasteiger partial charge in [-0.3, -0.25) is 0 Å². The number of para-hydroxylation sites is 1. The van der Waals surface area contributed by atoms with Gasteiger partial charge in [0.2, 0.25) is 0 Å². The maximum atomic E-state index is 5.29. The molecule has 0 unspecified atom stereocenters. The van der Waals surface area contributed by atoms with Crippen LogP contribution in [0.15, 0.2) is 34.9 Å². The molecule has 0 aliphatic heterocycles. The second kappa shape index (κ2) is 5.14. The Morgan fingerprint density at radius 1 is 1.29 bits per heavy atom. The van der Waals surface area contributed by atoms with Crippen LogP contribution < -0.4 is 10.1 Å². The van der Waals surface area contributed by atoms with Gasteiger partial charge in [-0.1, -0.05) is 12.1 Å². The van der Waals surface area contributed by atoms with Crippen molar-refractivity contribution in [3.05, 3.63) is 34.9 Å². The first-order valence-corrected chi connectivity index (χ1v) is 5.89. The molecule has 1 aromatic heterocycles. The van der Waals surface area contributed by atoms with Crippen LogP contribution in [0.3, 0.4) is 0 Å². The first-order valence-electron chi connectivity index (χ1n) is 5.10. The quantitative estimate of drug-likeness (QED) is 0.945. The molecule has 1 heterocycles. The maximum absolute atomic E-state index is 5.29. The van der Waals surface area contributed by atoms with E-state index in [9.17, 15) is 0 Å². The van der Waals surface area contributed by atoms with Crippen LogP contribution in [0.5, 0.6) is 5.75 Å². The second-order valence-corrected chi connectivity index (χ2v) is 4.19. The highest BCUT2D eigenvalue weighted by Crippen LogP contribution is 2.29. The molecule has 0 saturated carbocycles. The van der Waals surface area contributed by atoms with Crippen molar-refractivity contribution in [3.8, 4) is 17.1 Å². The molecule has 0 aliphatic carbocycles. The van der Waals surface area contributed by atoms with Gasteiger partial charge in [0, 0.05) is 13.2 Å². The van der Waals surface area contributed by atoms with Gasteiger partial charge >= 0.3 is 0 Å². The van der Waals surface area contributed by atoms with Crippen LogP contribution in [0.25, 0.3) is 11.4 Å². The zero-order valence-electron chi connectivity index (χ0n) is 9.57. The van der Waals surface area contributed by atoms with Gasteiger partial charge in [-0.05, 0) is 28.1 Å². The molecule has 5 heteroatoms. The van der Waals surface area contributed by atoms with Crippen LogP contribution in [0.4, 0.5) is 5.82 Å². The number of hydrogen-bond donors (Lipinski definition) is 1. The van der Waals surface area contributed by atoms with Crippen molar-refractivity contribution in [1.29, 1.82) is 0 Å². The van der Waals surface area contributed by atoms with Crippen molar-refractivity contribution < 1.29 is 4.74 Å². The van der Waals surface area contributed by atoms with E-state index in [2.05, 4.69) is 31.2 Å². The minimum absolute atomic E-state index is 0.634. The topological polar surface area (TPSA) is 47.0 Å². The van der Waals surface area contributed by atoms with E-state index in [1.54, 1.807) is 13.3 Å². The zero-order chi connectivity index (χ0) is 12.3. The Kier molecular flexibility index (Phi) is 3.58. The number of anilines is 1. The van der Waals surface area contributed by atoms with Crippen molar-refractivity contribution >= 4 is 21.7 Å². The molecular weight excluding hydrogens is 282 g/mol. The molecule has 0 spiro atoms. The predicted octanol–water partition coefficient (Wildman–Crippen LogP) is 2.96. The number of nitrogens with one attached hydrogen (secondary N) is 1. The summed E-state index contributed by atoms with van der Waals surface area (Å²) in [5.74, 6) is 2.15. The average Bonchev–Trinajstić information content (AvgIpc) is 2.39. The number of methoxy groups -OCH3 is 1. The van der Waals surface area contributed by atoms with Crippen molar-refractivity contribution in [2.75, 3.05) is 19.5 Å². The highest BCUT2D eigenvalue weighted by atomic mass is 79.9. The maximum Gasteiger partial charge on any atom is 0.165 e. The Bertz CT molecular complexity index is 531. The molecule has 17 heavy (non-hydrogen) atoms.